The number of likely N-dealkylation sites (tertiary alicyclic amines) is 1. The molecule has 2 aromatic heterocycles. The van der Waals surface area contributed by atoms with Crippen LogP contribution in [0.15, 0.2) is 29.1 Å². The van der Waals surface area contributed by atoms with E-state index < -0.39 is 0 Å². The maximum absolute atomic E-state index is 13.0. The van der Waals surface area contributed by atoms with Gasteiger partial charge in [0, 0.05) is 23.9 Å². The van der Waals surface area contributed by atoms with Crippen LogP contribution >= 0.6 is 0 Å². The summed E-state index contributed by atoms with van der Waals surface area (Å²) in [6.07, 6.45) is 3.76. The van der Waals surface area contributed by atoms with Gasteiger partial charge in [0.15, 0.2) is 5.65 Å². The normalized spacial score (nSPS) is 20.5. The second kappa shape index (κ2) is 6.79. The smallest absolute Gasteiger partial charge is 0.336 e. The van der Waals surface area contributed by atoms with Crippen molar-refractivity contribution < 1.29 is 4.79 Å². The van der Waals surface area contributed by atoms with Crippen LogP contribution in [0.25, 0.3) is 16.6 Å². The van der Waals surface area contributed by atoms with Crippen LogP contribution in [0.5, 0.6) is 0 Å². The summed E-state index contributed by atoms with van der Waals surface area (Å²) in [5.74, 6) is 0.614. The average Bonchev–Trinajstić information content (AvgIpc) is 2.98. The summed E-state index contributed by atoms with van der Waals surface area (Å²) < 4.78 is 2.83. The zero-order valence-corrected chi connectivity index (χ0v) is 16.1. The molecule has 7 nitrogen and oxygen atoms in total. The number of para-hydroxylation sites is 1. The number of fused-ring (bicyclic) bond motifs is 3. The largest absolute Gasteiger partial charge is 0.352 e. The average molecular weight is 367 g/mol. The van der Waals surface area contributed by atoms with E-state index in [1.54, 1.807) is 4.40 Å². The first-order chi connectivity index (χ1) is 13.0. The predicted molar refractivity (Wildman–Crippen MR) is 104 cm³/mol. The molecule has 1 amide bonds. The molecule has 7 heteroatoms. The van der Waals surface area contributed by atoms with Crippen LogP contribution in [-0.2, 0) is 17.8 Å². The van der Waals surface area contributed by atoms with E-state index in [4.69, 9.17) is 0 Å². The maximum atomic E-state index is 13.0. The van der Waals surface area contributed by atoms with Crippen LogP contribution in [0, 0.1) is 0 Å². The van der Waals surface area contributed by atoms with E-state index in [1.807, 2.05) is 36.1 Å². The fourth-order valence-electron chi connectivity index (χ4n) is 4.23. The van der Waals surface area contributed by atoms with E-state index in [0.29, 0.717) is 17.9 Å². The molecule has 1 aliphatic heterocycles. The molecular formula is C20H25N5O2. The minimum Gasteiger partial charge on any atom is -0.336 e. The summed E-state index contributed by atoms with van der Waals surface area (Å²) in [7, 11) is 0. The minimum atomic E-state index is -0.300. The summed E-state index contributed by atoms with van der Waals surface area (Å²) in [5, 5.41) is 5.33. The molecule has 2 atom stereocenters. The van der Waals surface area contributed by atoms with Crippen LogP contribution in [-0.4, -0.2) is 42.1 Å². The van der Waals surface area contributed by atoms with Crippen LogP contribution in [0.3, 0.4) is 0 Å². The van der Waals surface area contributed by atoms with Gasteiger partial charge in [0.2, 0.25) is 5.91 Å². The minimum absolute atomic E-state index is 0.0350. The lowest BCUT2D eigenvalue weighted by molar-refractivity contribution is -0.138. The highest BCUT2D eigenvalue weighted by Crippen LogP contribution is 2.23. The zero-order valence-electron chi connectivity index (χ0n) is 16.1. The lowest BCUT2D eigenvalue weighted by Crippen LogP contribution is -2.49. The van der Waals surface area contributed by atoms with Gasteiger partial charge >= 0.3 is 5.69 Å². The van der Waals surface area contributed by atoms with E-state index >= 15 is 0 Å². The van der Waals surface area contributed by atoms with Crippen molar-refractivity contribution in [2.45, 2.75) is 65.1 Å². The van der Waals surface area contributed by atoms with Crippen molar-refractivity contribution in [3.8, 4) is 0 Å². The number of aryl methyl sites for hydroxylation is 1. The summed E-state index contributed by atoms with van der Waals surface area (Å²) in [5.41, 5.74) is 1.07. The van der Waals surface area contributed by atoms with Crippen molar-refractivity contribution in [1.82, 2.24) is 24.1 Å². The number of piperidine rings is 1. The van der Waals surface area contributed by atoms with Gasteiger partial charge in [-0.05, 0) is 45.2 Å². The van der Waals surface area contributed by atoms with Gasteiger partial charge in [-0.1, -0.05) is 19.1 Å². The number of nitrogens with zero attached hydrogens (tertiary/aromatic N) is 5. The number of carbonyl (C=O) groups is 1. The first kappa shape index (κ1) is 17.7. The predicted octanol–water partition coefficient (Wildman–Crippen LogP) is 2.40. The fraction of sp³-hybridized carbons (Fsp3) is 0.500. The molecule has 1 fully saturated rings. The third kappa shape index (κ3) is 2.91. The van der Waals surface area contributed by atoms with Gasteiger partial charge < -0.3 is 4.90 Å². The molecule has 142 valence electrons. The third-order valence-electron chi connectivity index (χ3n) is 5.57. The Bertz CT molecular complexity index is 1060. The van der Waals surface area contributed by atoms with Crippen molar-refractivity contribution >= 4 is 22.5 Å². The van der Waals surface area contributed by atoms with Gasteiger partial charge in [-0.2, -0.15) is 0 Å². The molecular weight excluding hydrogens is 342 g/mol. The van der Waals surface area contributed by atoms with E-state index in [9.17, 15) is 9.59 Å². The number of rotatable bonds is 3. The number of amides is 1. The molecule has 0 radical (unpaired) electrons. The van der Waals surface area contributed by atoms with Crippen LogP contribution in [0.2, 0.25) is 0 Å². The monoisotopic (exact) mass is 367 g/mol. The maximum Gasteiger partial charge on any atom is 0.352 e. The van der Waals surface area contributed by atoms with E-state index in [0.717, 1.165) is 30.2 Å². The van der Waals surface area contributed by atoms with Gasteiger partial charge in [0.25, 0.3) is 0 Å². The SMILES string of the molecule is CCc1nc2ccccc2c2nn(CC(=O)N3[C@@H](C)CCC[C@@H]3C)c(=O)n12. The Kier molecular flexibility index (Phi) is 4.45. The fourth-order valence-corrected chi connectivity index (χ4v) is 4.23. The summed E-state index contributed by atoms with van der Waals surface area (Å²) >= 11 is 0. The molecule has 27 heavy (non-hydrogen) atoms. The molecule has 0 aliphatic carbocycles. The molecule has 1 aromatic carbocycles. The van der Waals surface area contributed by atoms with E-state index in [2.05, 4.69) is 23.9 Å². The van der Waals surface area contributed by atoms with Gasteiger partial charge in [0.05, 0.1) is 5.52 Å². The Labute approximate surface area is 157 Å². The number of benzene rings is 1. The highest BCUT2D eigenvalue weighted by atomic mass is 16.2. The highest BCUT2D eigenvalue weighted by molar-refractivity contribution is 5.91. The van der Waals surface area contributed by atoms with Crippen molar-refractivity contribution in [1.29, 1.82) is 0 Å². The summed E-state index contributed by atoms with van der Waals surface area (Å²) in [6, 6.07) is 8.04. The summed E-state index contributed by atoms with van der Waals surface area (Å²) in [6.45, 7) is 6.08. The first-order valence-electron chi connectivity index (χ1n) is 9.69. The molecule has 0 bridgehead atoms. The zero-order chi connectivity index (χ0) is 19.1. The van der Waals surface area contributed by atoms with Crippen molar-refractivity contribution in [2.75, 3.05) is 0 Å². The molecule has 0 unspecified atom stereocenters. The topological polar surface area (TPSA) is 72.5 Å². The molecule has 0 spiro atoms. The van der Waals surface area contributed by atoms with Gasteiger partial charge in [-0.3, -0.25) is 4.79 Å². The standard InChI is InChI=1S/C20H25N5O2/c1-4-17-21-16-11-6-5-10-15(16)19-22-23(20(27)25(17)19)12-18(26)24-13(2)8-7-9-14(24)3/h5-6,10-11,13-14H,4,7-9,12H2,1-3H3/t13-,14-/m0/s1. The molecule has 0 N–H and O–H groups in total. The quantitative estimate of drug-likeness (QED) is 0.713. The second-order valence-electron chi connectivity index (χ2n) is 7.43. The Morgan fingerprint density at radius 1 is 1.19 bits per heavy atom. The van der Waals surface area contributed by atoms with Crippen LogP contribution in [0.4, 0.5) is 0 Å². The lowest BCUT2D eigenvalue weighted by Gasteiger charge is -2.39. The van der Waals surface area contributed by atoms with Gasteiger partial charge in [-0.15, -0.1) is 5.10 Å². The highest BCUT2D eigenvalue weighted by Gasteiger charge is 2.29. The van der Waals surface area contributed by atoms with Gasteiger partial charge in [0.1, 0.15) is 12.4 Å². The number of carbonyl (C=O) groups excluding carboxylic acids is 1. The Morgan fingerprint density at radius 2 is 1.89 bits per heavy atom. The molecule has 0 saturated carbocycles. The first-order valence-corrected chi connectivity index (χ1v) is 9.69. The van der Waals surface area contributed by atoms with Gasteiger partial charge in [-0.25, -0.2) is 18.9 Å². The lowest BCUT2D eigenvalue weighted by atomic mass is 9.97. The molecule has 3 aromatic rings. The van der Waals surface area contributed by atoms with E-state index in [1.165, 1.54) is 4.68 Å². The Balaban J connectivity index is 1.79. The van der Waals surface area contributed by atoms with Crippen LogP contribution < -0.4 is 5.69 Å². The molecule has 1 aliphatic rings. The Morgan fingerprint density at radius 3 is 2.59 bits per heavy atom. The number of hydrogen-bond acceptors (Lipinski definition) is 4. The Hall–Kier alpha value is -2.70. The van der Waals surface area contributed by atoms with Crippen molar-refractivity contribution in [3.05, 3.63) is 40.6 Å². The van der Waals surface area contributed by atoms with Crippen molar-refractivity contribution in [2.24, 2.45) is 0 Å². The second-order valence-corrected chi connectivity index (χ2v) is 7.43. The molecule has 4 rings (SSSR count). The van der Waals surface area contributed by atoms with Crippen molar-refractivity contribution in [3.63, 3.8) is 0 Å². The molecule has 3 heterocycles. The van der Waals surface area contributed by atoms with Crippen LogP contribution in [0.1, 0.15) is 45.9 Å². The summed E-state index contributed by atoms with van der Waals surface area (Å²) in [4.78, 5) is 32.4. The number of aromatic nitrogens is 4. The van der Waals surface area contributed by atoms with E-state index in [-0.39, 0.29) is 30.2 Å². The number of hydrogen-bond donors (Lipinski definition) is 0. The third-order valence-corrected chi connectivity index (χ3v) is 5.57. The molecule has 1 saturated heterocycles.